The van der Waals surface area contributed by atoms with Crippen LogP contribution in [0.1, 0.15) is 85.6 Å². The van der Waals surface area contributed by atoms with Gasteiger partial charge in [0.2, 0.25) is 47.3 Å². The summed E-state index contributed by atoms with van der Waals surface area (Å²) in [5.41, 5.74) is 6.33. The number of nitrogens with two attached hydrogens (primary N) is 1. The van der Waals surface area contributed by atoms with Gasteiger partial charge in [-0.2, -0.15) is 0 Å². The molecule has 0 spiro atoms. The van der Waals surface area contributed by atoms with Crippen LogP contribution in [0, 0.1) is 11.8 Å². The fourth-order valence-corrected chi connectivity index (χ4v) is 6.34. The van der Waals surface area contributed by atoms with Crippen molar-refractivity contribution >= 4 is 71.1 Å². The van der Waals surface area contributed by atoms with Crippen molar-refractivity contribution in [2.45, 2.75) is 147 Å². The number of nitrogens with one attached hydrogen (secondary N) is 8. The molecule has 1 aromatic carbocycles. The molecule has 71 heavy (non-hydrogen) atoms. The Morgan fingerprint density at radius 2 is 0.944 bits per heavy atom. The summed E-state index contributed by atoms with van der Waals surface area (Å²) in [5.74, 6) is -15.8. The van der Waals surface area contributed by atoms with Crippen molar-refractivity contribution in [2.75, 3.05) is 6.61 Å². The molecule has 27 heteroatoms. The number of aliphatic hydroxyl groups is 2. The third kappa shape index (κ3) is 21.9. The van der Waals surface area contributed by atoms with Gasteiger partial charge in [0.15, 0.2) is 0 Å². The van der Waals surface area contributed by atoms with Gasteiger partial charge in [0.1, 0.15) is 48.3 Å². The zero-order chi connectivity index (χ0) is 54.3. The number of hydrogen-bond donors (Lipinski definition) is 15. The summed E-state index contributed by atoms with van der Waals surface area (Å²) in [6, 6.07) is -6.68. The zero-order valence-electron chi connectivity index (χ0n) is 40.1. The molecular formula is C44H67N9O18. The first kappa shape index (κ1) is 61.8. The lowest BCUT2D eigenvalue weighted by Gasteiger charge is -2.29. The monoisotopic (exact) mass is 1010 g/mol. The molecule has 0 saturated heterocycles. The minimum Gasteiger partial charge on any atom is -0.481 e. The van der Waals surface area contributed by atoms with Gasteiger partial charge in [-0.1, -0.05) is 64.4 Å². The summed E-state index contributed by atoms with van der Waals surface area (Å²) in [4.78, 5) is 154. The van der Waals surface area contributed by atoms with Crippen LogP contribution < -0.4 is 48.3 Å². The van der Waals surface area contributed by atoms with Gasteiger partial charge in [-0.3, -0.25) is 57.5 Å². The molecule has 8 amide bonds. The first-order chi connectivity index (χ1) is 33.1. The lowest BCUT2D eigenvalue weighted by Crippen LogP contribution is -2.63. The largest absolute Gasteiger partial charge is 0.481 e. The molecule has 0 radical (unpaired) electrons. The maximum atomic E-state index is 14.0. The van der Waals surface area contributed by atoms with Gasteiger partial charge < -0.3 is 78.9 Å². The number of carboxylic acid groups (broad SMARTS) is 4. The van der Waals surface area contributed by atoms with Gasteiger partial charge in [0, 0.05) is 19.3 Å². The van der Waals surface area contributed by atoms with Gasteiger partial charge in [-0.25, -0.2) is 0 Å². The van der Waals surface area contributed by atoms with E-state index in [1.54, 1.807) is 51.1 Å². The van der Waals surface area contributed by atoms with Crippen LogP contribution in [0.3, 0.4) is 0 Å². The standard InChI is InChI=1S/C44H67N9O18/c1-7-21(4)34(42(68)50-28(18-32(60)61)38(64)46-22(5)44(70)71)52-39(65)27(17-24-11-9-8-10-12-24)49-40(66)29(19-54)51-43(69)35(23(6)55)53-37(63)26(14-16-31(58)59)47-36(62)25(13-15-30(56)57)48-41(67)33(45)20(2)3/h8-12,20-23,25-29,33-35,54-55H,7,13-19,45H2,1-6H3,(H,46,64)(H,47,62)(H,48,67)(H,49,66)(H,50,68)(H,51,69)(H,52,65)(H,53,63)(H,56,57)(H,58,59)(H,60,61)(H,70,71)/t21-,22-,23+,25-,26-,27-,28-,29-,33-,34-,35-/m0/s1. The van der Waals surface area contributed by atoms with Crippen LogP contribution in [0.2, 0.25) is 0 Å². The quantitative estimate of drug-likeness (QED) is 0.0325. The Hall–Kier alpha value is -7.26. The average Bonchev–Trinajstić information content (AvgIpc) is 3.29. The lowest BCUT2D eigenvalue weighted by atomic mass is 9.96. The number of hydrogen-bond acceptors (Lipinski definition) is 15. The molecule has 27 nitrogen and oxygen atoms in total. The van der Waals surface area contributed by atoms with E-state index in [0.29, 0.717) is 5.56 Å². The number of aliphatic carboxylic acids is 4. The number of amides is 8. The summed E-state index contributed by atoms with van der Waals surface area (Å²) >= 11 is 0. The molecule has 0 aliphatic heterocycles. The summed E-state index contributed by atoms with van der Waals surface area (Å²) in [6.07, 6.45) is -5.26. The van der Waals surface area contributed by atoms with E-state index in [4.69, 9.17) is 5.73 Å². The molecule has 0 saturated carbocycles. The van der Waals surface area contributed by atoms with Crippen molar-refractivity contribution in [3.63, 3.8) is 0 Å². The van der Waals surface area contributed by atoms with E-state index in [0.717, 1.165) is 13.8 Å². The number of carbonyl (C=O) groups is 12. The Kier molecular flexibility index (Phi) is 26.4. The summed E-state index contributed by atoms with van der Waals surface area (Å²) in [6.45, 7) is 7.39. The second-order valence-electron chi connectivity index (χ2n) is 17.1. The van der Waals surface area contributed by atoms with E-state index in [1.807, 2.05) is 0 Å². The molecule has 0 aromatic heterocycles. The fourth-order valence-electron chi connectivity index (χ4n) is 6.34. The van der Waals surface area contributed by atoms with E-state index < -0.39 is 182 Å². The molecule has 0 heterocycles. The molecule has 0 unspecified atom stereocenters. The molecule has 11 atom stereocenters. The molecule has 0 fully saturated rings. The number of carboxylic acids is 4. The van der Waals surface area contributed by atoms with Crippen molar-refractivity contribution in [1.82, 2.24) is 42.5 Å². The first-order valence-electron chi connectivity index (χ1n) is 22.5. The number of aliphatic hydroxyl groups excluding tert-OH is 2. The zero-order valence-corrected chi connectivity index (χ0v) is 40.1. The molecule has 1 aromatic rings. The highest BCUT2D eigenvalue weighted by Gasteiger charge is 2.37. The number of rotatable bonds is 32. The first-order valence-corrected chi connectivity index (χ1v) is 22.5. The molecule has 0 aliphatic carbocycles. The highest BCUT2D eigenvalue weighted by Crippen LogP contribution is 2.12. The van der Waals surface area contributed by atoms with Crippen LogP contribution in [-0.4, -0.2) is 169 Å². The predicted octanol–water partition coefficient (Wildman–Crippen LogP) is -4.18. The van der Waals surface area contributed by atoms with Crippen LogP contribution in [0.15, 0.2) is 30.3 Å². The third-order valence-corrected chi connectivity index (χ3v) is 10.9. The number of carbonyl (C=O) groups excluding carboxylic acids is 8. The topological polar surface area (TPSA) is 448 Å². The SMILES string of the molecule is CC[C@H](C)[C@H](NC(=O)[C@H](Cc1ccccc1)NC(=O)[C@H](CO)NC(=O)[C@@H](NC(=O)[C@H](CCC(=O)O)NC(=O)[C@H](CCC(=O)O)NC(=O)[C@@H](N)C(C)C)[C@@H](C)O)C(=O)N[C@@H](CC(=O)O)C(=O)N[C@@H](C)C(=O)O. The second kappa shape index (κ2) is 30.4. The molecule has 16 N–H and O–H groups in total. The van der Waals surface area contributed by atoms with Crippen LogP contribution >= 0.6 is 0 Å². The van der Waals surface area contributed by atoms with Crippen LogP contribution in [0.25, 0.3) is 0 Å². The highest BCUT2D eigenvalue weighted by molar-refractivity contribution is 5.99. The van der Waals surface area contributed by atoms with Gasteiger partial charge in [-0.05, 0) is 44.1 Å². The van der Waals surface area contributed by atoms with Crippen molar-refractivity contribution in [1.29, 1.82) is 0 Å². The minimum atomic E-state index is -1.97. The van der Waals surface area contributed by atoms with Crippen molar-refractivity contribution in [2.24, 2.45) is 17.6 Å². The second-order valence-corrected chi connectivity index (χ2v) is 17.1. The van der Waals surface area contributed by atoms with E-state index in [2.05, 4.69) is 42.5 Å². The Morgan fingerprint density at radius 1 is 0.521 bits per heavy atom. The van der Waals surface area contributed by atoms with Crippen LogP contribution in [0.4, 0.5) is 0 Å². The summed E-state index contributed by atoms with van der Waals surface area (Å²) in [7, 11) is 0. The van der Waals surface area contributed by atoms with Crippen molar-refractivity contribution in [3.8, 4) is 0 Å². The third-order valence-electron chi connectivity index (χ3n) is 10.9. The Labute approximate surface area is 408 Å². The molecule has 1 rings (SSSR count). The fraction of sp³-hybridized carbons (Fsp3) is 0.591. The predicted molar refractivity (Wildman–Crippen MR) is 246 cm³/mol. The van der Waals surface area contributed by atoms with Crippen LogP contribution in [0.5, 0.6) is 0 Å². The average molecular weight is 1010 g/mol. The normalized spacial score (nSPS) is 15.7. The highest BCUT2D eigenvalue weighted by atomic mass is 16.4. The van der Waals surface area contributed by atoms with Gasteiger partial charge in [0.05, 0.1) is 25.2 Å². The summed E-state index contributed by atoms with van der Waals surface area (Å²) in [5, 5.41) is 76.2. The smallest absolute Gasteiger partial charge is 0.325 e. The number of benzene rings is 1. The maximum absolute atomic E-state index is 14.0. The van der Waals surface area contributed by atoms with Gasteiger partial charge in [0.25, 0.3) is 0 Å². The minimum absolute atomic E-state index is 0.228. The van der Waals surface area contributed by atoms with Gasteiger partial charge >= 0.3 is 23.9 Å². The Balaban J connectivity index is 3.46. The summed E-state index contributed by atoms with van der Waals surface area (Å²) < 4.78 is 0. The van der Waals surface area contributed by atoms with E-state index in [9.17, 15) is 88.2 Å². The Morgan fingerprint density at radius 3 is 1.41 bits per heavy atom. The van der Waals surface area contributed by atoms with E-state index in [1.165, 1.54) is 6.92 Å². The molecular weight excluding hydrogens is 943 g/mol. The van der Waals surface area contributed by atoms with Crippen molar-refractivity contribution in [3.05, 3.63) is 35.9 Å². The van der Waals surface area contributed by atoms with Gasteiger partial charge in [-0.15, -0.1) is 0 Å². The van der Waals surface area contributed by atoms with Crippen LogP contribution in [-0.2, 0) is 64.0 Å². The lowest BCUT2D eigenvalue weighted by molar-refractivity contribution is -0.143. The van der Waals surface area contributed by atoms with E-state index in [-0.39, 0.29) is 12.8 Å². The van der Waals surface area contributed by atoms with Crippen molar-refractivity contribution < 1.29 is 88.2 Å². The molecule has 0 bridgehead atoms. The molecule has 396 valence electrons. The van der Waals surface area contributed by atoms with E-state index >= 15 is 0 Å². The maximum Gasteiger partial charge on any atom is 0.325 e. The molecule has 0 aliphatic rings. The Bertz CT molecular complexity index is 2060.